The standard InChI is InChI=1S/C16H16N2O5/c1-8-13(10(3)19)15(14(16(20)21)9(2)17-8)11-4-6-12(7-5-11)18(22)23/h4-7,15,17H,1-3H3,(H,20,21). The van der Waals surface area contributed by atoms with Crippen LogP contribution >= 0.6 is 0 Å². The van der Waals surface area contributed by atoms with Gasteiger partial charge in [0.05, 0.1) is 10.5 Å². The van der Waals surface area contributed by atoms with Crippen LogP contribution in [0, 0.1) is 10.1 Å². The van der Waals surface area contributed by atoms with E-state index in [0.29, 0.717) is 22.5 Å². The number of nitro groups is 1. The Kier molecular flexibility index (Phi) is 4.31. The van der Waals surface area contributed by atoms with Crippen LogP contribution in [0.2, 0.25) is 0 Å². The number of benzene rings is 1. The minimum atomic E-state index is -1.13. The molecule has 0 radical (unpaired) electrons. The third-order valence-electron chi connectivity index (χ3n) is 3.81. The number of nitrogens with zero attached hydrogens (tertiary/aromatic N) is 1. The number of nitro benzene ring substituents is 1. The van der Waals surface area contributed by atoms with Gasteiger partial charge in [-0.3, -0.25) is 14.9 Å². The maximum absolute atomic E-state index is 12.0. The number of rotatable bonds is 4. The molecule has 0 bridgehead atoms. The average molecular weight is 316 g/mol. The van der Waals surface area contributed by atoms with Gasteiger partial charge in [0.2, 0.25) is 0 Å². The van der Waals surface area contributed by atoms with Gasteiger partial charge in [-0.2, -0.15) is 0 Å². The number of carbonyl (C=O) groups excluding carboxylic acids is 1. The average Bonchev–Trinajstić information content (AvgIpc) is 2.45. The van der Waals surface area contributed by atoms with Gasteiger partial charge in [-0.1, -0.05) is 12.1 Å². The number of aliphatic carboxylic acids is 1. The zero-order chi connectivity index (χ0) is 17.3. The summed E-state index contributed by atoms with van der Waals surface area (Å²) in [7, 11) is 0. The summed E-state index contributed by atoms with van der Waals surface area (Å²) < 4.78 is 0. The van der Waals surface area contributed by atoms with Crippen LogP contribution in [0.4, 0.5) is 5.69 Å². The second-order valence-electron chi connectivity index (χ2n) is 5.35. The zero-order valence-electron chi connectivity index (χ0n) is 12.9. The lowest BCUT2D eigenvalue weighted by Crippen LogP contribution is -2.30. The molecule has 0 saturated heterocycles. The Morgan fingerprint density at radius 3 is 2.09 bits per heavy atom. The fraction of sp³-hybridized carbons (Fsp3) is 0.250. The number of ketones is 1. The van der Waals surface area contributed by atoms with E-state index in [1.807, 2.05) is 0 Å². The third kappa shape index (κ3) is 2.98. The zero-order valence-corrected chi connectivity index (χ0v) is 12.9. The summed E-state index contributed by atoms with van der Waals surface area (Å²) in [6.07, 6.45) is 0. The summed E-state index contributed by atoms with van der Waals surface area (Å²) in [6, 6.07) is 5.58. The van der Waals surface area contributed by atoms with E-state index in [9.17, 15) is 24.8 Å². The molecule has 7 heteroatoms. The highest BCUT2D eigenvalue weighted by Gasteiger charge is 2.35. The summed E-state index contributed by atoms with van der Waals surface area (Å²) in [5.41, 5.74) is 1.88. The molecule has 1 aromatic carbocycles. The molecule has 120 valence electrons. The topological polar surface area (TPSA) is 110 Å². The van der Waals surface area contributed by atoms with Gasteiger partial charge in [-0.15, -0.1) is 0 Å². The first-order valence-corrected chi connectivity index (χ1v) is 6.91. The molecule has 1 heterocycles. The highest BCUT2D eigenvalue weighted by atomic mass is 16.6. The Morgan fingerprint density at radius 2 is 1.65 bits per heavy atom. The molecule has 0 spiro atoms. The van der Waals surface area contributed by atoms with Crippen LogP contribution < -0.4 is 5.32 Å². The van der Waals surface area contributed by atoms with E-state index in [-0.39, 0.29) is 17.0 Å². The fourth-order valence-corrected chi connectivity index (χ4v) is 2.87. The second kappa shape index (κ2) is 6.04. The van der Waals surface area contributed by atoms with Crippen molar-refractivity contribution in [1.29, 1.82) is 0 Å². The van der Waals surface area contributed by atoms with Crippen molar-refractivity contribution < 1.29 is 19.6 Å². The van der Waals surface area contributed by atoms with Gasteiger partial charge in [-0.25, -0.2) is 4.79 Å². The molecule has 0 amide bonds. The summed E-state index contributed by atoms with van der Waals surface area (Å²) in [5, 5.41) is 23.2. The molecule has 1 atom stereocenters. The van der Waals surface area contributed by atoms with Gasteiger partial charge in [0.15, 0.2) is 5.78 Å². The first-order valence-electron chi connectivity index (χ1n) is 6.91. The highest BCUT2D eigenvalue weighted by molar-refractivity contribution is 6.01. The van der Waals surface area contributed by atoms with Crippen LogP contribution in [0.1, 0.15) is 32.3 Å². The number of allylic oxidation sites excluding steroid dienone is 3. The molecular weight excluding hydrogens is 300 g/mol. The SMILES string of the molecule is CC(=O)C1=C(C)NC(C)=C(C(=O)O)C1c1ccc([N+](=O)[O-])cc1. The first-order chi connectivity index (χ1) is 10.7. The molecule has 0 saturated carbocycles. The molecule has 7 nitrogen and oxygen atoms in total. The summed E-state index contributed by atoms with van der Waals surface area (Å²) in [4.78, 5) is 33.9. The van der Waals surface area contributed by atoms with E-state index in [1.54, 1.807) is 13.8 Å². The quantitative estimate of drug-likeness (QED) is 0.652. The number of Topliss-reactive ketones (excluding diaryl/α,β-unsaturated/α-hetero) is 1. The number of hydrogen-bond acceptors (Lipinski definition) is 5. The fourth-order valence-electron chi connectivity index (χ4n) is 2.87. The van der Waals surface area contributed by atoms with Crippen LogP contribution in [0.3, 0.4) is 0 Å². The molecule has 1 unspecified atom stereocenters. The Labute approximate surface area is 132 Å². The molecule has 2 N–H and O–H groups in total. The predicted molar refractivity (Wildman–Crippen MR) is 82.7 cm³/mol. The van der Waals surface area contributed by atoms with Crippen molar-refractivity contribution >= 4 is 17.4 Å². The maximum Gasteiger partial charge on any atom is 0.334 e. The Hall–Kier alpha value is -2.96. The Bertz CT molecular complexity index is 723. The number of nitrogens with one attached hydrogen (secondary N) is 1. The van der Waals surface area contributed by atoms with Gasteiger partial charge in [0.25, 0.3) is 5.69 Å². The van der Waals surface area contributed by atoms with Gasteiger partial charge < -0.3 is 10.4 Å². The molecule has 1 aromatic rings. The van der Waals surface area contributed by atoms with Crippen molar-refractivity contribution in [2.75, 3.05) is 0 Å². The van der Waals surface area contributed by atoms with Crippen molar-refractivity contribution in [3.8, 4) is 0 Å². The van der Waals surface area contributed by atoms with Crippen molar-refractivity contribution in [1.82, 2.24) is 5.32 Å². The smallest absolute Gasteiger partial charge is 0.334 e. The minimum Gasteiger partial charge on any atom is -0.478 e. The van der Waals surface area contributed by atoms with E-state index in [4.69, 9.17) is 0 Å². The Morgan fingerprint density at radius 1 is 1.13 bits per heavy atom. The molecule has 0 aliphatic carbocycles. The highest BCUT2D eigenvalue weighted by Crippen LogP contribution is 2.38. The summed E-state index contributed by atoms with van der Waals surface area (Å²) >= 11 is 0. The number of hydrogen-bond donors (Lipinski definition) is 2. The number of dihydropyridines is 1. The second-order valence-corrected chi connectivity index (χ2v) is 5.35. The predicted octanol–water partition coefficient (Wildman–Crippen LogP) is 2.50. The summed E-state index contributed by atoms with van der Waals surface area (Å²) in [5.74, 6) is -2.14. The van der Waals surface area contributed by atoms with Crippen LogP contribution in [-0.4, -0.2) is 21.8 Å². The molecule has 0 fully saturated rings. The molecule has 1 aliphatic heterocycles. The number of carboxylic acid groups (broad SMARTS) is 1. The van der Waals surface area contributed by atoms with E-state index < -0.39 is 16.8 Å². The largest absolute Gasteiger partial charge is 0.478 e. The molecular formula is C16H16N2O5. The Balaban J connectivity index is 2.64. The molecule has 23 heavy (non-hydrogen) atoms. The third-order valence-corrected chi connectivity index (χ3v) is 3.81. The van der Waals surface area contributed by atoms with Gasteiger partial charge in [0.1, 0.15) is 0 Å². The van der Waals surface area contributed by atoms with Gasteiger partial charge in [-0.05, 0) is 26.3 Å². The van der Waals surface area contributed by atoms with Crippen LogP contribution in [0.15, 0.2) is 46.8 Å². The molecule has 0 aromatic heterocycles. The van der Waals surface area contributed by atoms with E-state index in [0.717, 1.165) is 0 Å². The maximum atomic E-state index is 12.0. The van der Waals surface area contributed by atoms with Crippen molar-refractivity contribution in [3.05, 3.63) is 62.5 Å². The lowest BCUT2D eigenvalue weighted by molar-refractivity contribution is -0.384. The van der Waals surface area contributed by atoms with Crippen LogP contribution in [0.5, 0.6) is 0 Å². The van der Waals surface area contributed by atoms with Crippen molar-refractivity contribution in [2.45, 2.75) is 26.7 Å². The molecule has 2 rings (SSSR count). The number of carbonyl (C=O) groups is 2. The lowest BCUT2D eigenvalue weighted by atomic mass is 9.79. The van der Waals surface area contributed by atoms with E-state index >= 15 is 0 Å². The number of carboxylic acids is 1. The minimum absolute atomic E-state index is 0.0645. The van der Waals surface area contributed by atoms with Crippen LogP contribution in [0.25, 0.3) is 0 Å². The first kappa shape index (κ1) is 16.4. The number of non-ortho nitro benzene ring substituents is 1. The van der Waals surface area contributed by atoms with Crippen molar-refractivity contribution in [2.24, 2.45) is 0 Å². The normalized spacial score (nSPS) is 17.8. The van der Waals surface area contributed by atoms with Crippen molar-refractivity contribution in [3.63, 3.8) is 0 Å². The van der Waals surface area contributed by atoms with E-state index in [1.165, 1.54) is 31.2 Å². The van der Waals surface area contributed by atoms with Gasteiger partial charge in [0, 0.05) is 35.0 Å². The molecule has 1 aliphatic rings. The van der Waals surface area contributed by atoms with Crippen LogP contribution in [-0.2, 0) is 9.59 Å². The van der Waals surface area contributed by atoms with E-state index in [2.05, 4.69) is 5.32 Å². The lowest BCUT2D eigenvalue weighted by Gasteiger charge is -2.29. The van der Waals surface area contributed by atoms with Gasteiger partial charge >= 0.3 is 5.97 Å². The summed E-state index contributed by atoms with van der Waals surface area (Å²) in [6.45, 7) is 4.71. The monoisotopic (exact) mass is 316 g/mol.